The molecule has 0 aromatic heterocycles. The van der Waals surface area contributed by atoms with Crippen LogP contribution in [0, 0.1) is 0 Å². The van der Waals surface area contributed by atoms with Crippen LogP contribution in [0.25, 0.3) is 0 Å². The van der Waals surface area contributed by atoms with E-state index in [0.717, 1.165) is 0 Å². The van der Waals surface area contributed by atoms with E-state index in [1.165, 1.54) is 19.2 Å². The first-order valence-electron chi connectivity index (χ1n) is 4.91. The van der Waals surface area contributed by atoms with Gasteiger partial charge in [-0.2, -0.15) is 0 Å². The van der Waals surface area contributed by atoms with E-state index >= 15 is 0 Å². The number of halogens is 1. The highest BCUT2D eigenvalue weighted by Crippen LogP contribution is 2.36. The molecule has 0 spiro atoms. The Hall–Kier alpha value is -1.27. The minimum atomic E-state index is -1.03. The van der Waals surface area contributed by atoms with Gasteiger partial charge in [-0.3, -0.25) is 0 Å². The van der Waals surface area contributed by atoms with Crippen LogP contribution in [0.3, 0.4) is 0 Å². The fourth-order valence-electron chi connectivity index (χ4n) is 1.17. The predicted molar refractivity (Wildman–Crippen MR) is 64.8 cm³/mol. The van der Waals surface area contributed by atoms with E-state index in [0.29, 0.717) is 22.6 Å². The second-order valence-electron chi connectivity index (χ2n) is 3.05. The summed E-state index contributed by atoms with van der Waals surface area (Å²) in [7, 11) is 1.45. The van der Waals surface area contributed by atoms with E-state index in [4.69, 9.17) is 19.3 Å². The Bertz CT molecular complexity index is 405. The highest BCUT2D eigenvalue weighted by Gasteiger charge is 2.14. The van der Waals surface area contributed by atoms with Crippen molar-refractivity contribution in [1.82, 2.24) is 0 Å². The van der Waals surface area contributed by atoms with Gasteiger partial charge in [0.15, 0.2) is 18.3 Å². The average Bonchev–Trinajstić information content (AvgIpc) is 2.30. The number of benzene rings is 1. The summed E-state index contributed by atoms with van der Waals surface area (Å²) >= 11 is 3.24. The molecule has 0 fully saturated rings. The normalized spacial score (nSPS) is 10.1. The number of methoxy groups -OCH3 is 1. The molecule has 0 unspecified atom stereocenters. The first-order chi connectivity index (χ1) is 8.10. The highest BCUT2D eigenvalue weighted by atomic mass is 79.9. The van der Waals surface area contributed by atoms with Gasteiger partial charge in [0, 0.05) is 6.61 Å². The van der Waals surface area contributed by atoms with Crippen LogP contribution >= 0.6 is 15.9 Å². The van der Waals surface area contributed by atoms with Crippen LogP contribution in [0.15, 0.2) is 16.6 Å². The number of ether oxygens (including phenoxy) is 3. The third-order valence-corrected chi connectivity index (χ3v) is 2.56. The van der Waals surface area contributed by atoms with Crippen molar-refractivity contribution in [2.75, 3.05) is 20.5 Å². The molecule has 1 aromatic rings. The molecule has 94 valence electrons. The van der Waals surface area contributed by atoms with Crippen LogP contribution in [0.5, 0.6) is 11.5 Å². The Balaban J connectivity index is 2.99. The molecule has 0 bridgehead atoms. The Kier molecular flexibility index (Phi) is 5.24. The summed E-state index contributed by atoms with van der Waals surface area (Å²) in [6.45, 7) is 2.47. The molecule has 1 rings (SSSR count). The topological polar surface area (TPSA) is 65.0 Å². The van der Waals surface area contributed by atoms with Gasteiger partial charge in [0.05, 0.1) is 17.1 Å². The van der Waals surface area contributed by atoms with Crippen molar-refractivity contribution in [3.8, 4) is 11.5 Å². The van der Waals surface area contributed by atoms with Gasteiger partial charge in [0.1, 0.15) is 0 Å². The van der Waals surface area contributed by atoms with Gasteiger partial charge in [0.25, 0.3) is 0 Å². The second kappa shape index (κ2) is 6.46. The summed E-state index contributed by atoms with van der Waals surface area (Å²) in [6, 6.07) is 2.85. The molecule has 0 radical (unpaired) electrons. The van der Waals surface area contributed by atoms with E-state index in [1.807, 2.05) is 6.92 Å². The maximum absolute atomic E-state index is 10.9. The zero-order valence-corrected chi connectivity index (χ0v) is 11.1. The van der Waals surface area contributed by atoms with Gasteiger partial charge in [-0.15, -0.1) is 0 Å². The summed E-state index contributed by atoms with van der Waals surface area (Å²) in [5.74, 6) is -0.261. The smallest absolute Gasteiger partial charge is 0.335 e. The molecule has 1 N–H and O–H groups in total. The lowest BCUT2D eigenvalue weighted by Crippen LogP contribution is -2.05. The highest BCUT2D eigenvalue weighted by molar-refractivity contribution is 9.10. The van der Waals surface area contributed by atoms with Gasteiger partial charge < -0.3 is 19.3 Å². The minimum Gasteiger partial charge on any atom is -0.493 e. The first-order valence-corrected chi connectivity index (χ1v) is 5.70. The van der Waals surface area contributed by atoms with Crippen LogP contribution < -0.4 is 9.47 Å². The number of hydrogen-bond donors (Lipinski definition) is 1. The van der Waals surface area contributed by atoms with Gasteiger partial charge in [-0.05, 0) is 35.0 Å². The zero-order valence-electron chi connectivity index (χ0n) is 9.53. The lowest BCUT2D eigenvalue weighted by atomic mass is 10.2. The van der Waals surface area contributed by atoms with Crippen LogP contribution in [0.1, 0.15) is 17.3 Å². The second-order valence-corrected chi connectivity index (χ2v) is 3.90. The van der Waals surface area contributed by atoms with Crippen molar-refractivity contribution in [3.63, 3.8) is 0 Å². The van der Waals surface area contributed by atoms with Crippen LogP contribution in [0.2, 0.25) is 0 Å². The van der Waals surface area contributed by atoms with E-state index in [-0.39, 0.29) is 12.4 Å². The first kappa shape index (κ1) is 13.8. The molecule has 0 heterocycles. The molecule has 0 saturated heterocycles. The van der Waals surface area contributed by atoms with E-state index in [1.54, 1.807) is 0 Å². The number of carbonyl (C=O) groups is 1. The number of carboxylic acid groups (broad SMARTS) is 1. The molecule has 6 heteroatoms. The summed E-state index contributed by atoms with van der Waals surface area (Å²) in [5.41, 5.74) is 0.123. The largest absolute Gasteiger partial charge is 0.493 e. The van der Waals surface area contributed by atoms with Gasteiger partial charge >= 0.3 is 5.97 Å². The molecule has 1 aromatic carbocycles. The number of aromatic carboxylic acids is 1. The Morgan fingerprint density at radius 2 is 2.18 bits per heavy atom. The fraction of sp³-hybridized carbons (Fsp3) is 0.364. The molecule has 0 amide bonds. The lowest BCUT2D eigenvalue weighted by molar-refractivity contribution is 0.0204. The van der Waals surface area contributed by atoms with Crippen molar-refractivity contribution >= 4 is 21.9 Å². The Morgan fingerprint density at radius 1 is 1.47 bits per heavy atom. The molecule has 0 aliphatic carbocycles. The van der Waals surface area contributed by atoms with Gasteiger partial charge in [-0.1, -0.05) is 0 Å². The molecule has 0 saturated carbocycles. The molecule has 5 nitrogen and oxygen atoms in total. The van der Waals surface area contributed by atoms with Crippen LogP contribution in [0.4, 0.5) is 0 Å². The van der Waals surface area contributed by atoms with Crippen LogP contribution in [-0.4, -0.2) is 31.6 Å². The predicted octanol–water partition coefficient (Wildman–Crippen LogP) is 2.53. The maximum Gasteiger partial charge on any atom is 0.335 e. The molecule has 17 heavy (non-hydrogen) atoms. The lowest BCUT2D eigenvalue weighted by Gasteiger charge is -2.13. The van der Waals surface area contributed by atoms with Crippen LogP contribution in [-0.2, 0) is 4.74 Å². The third kappa shape index (κ3) is 3.61. The Morgan fingerprint density at radius 3 is 2.71 bits per heavy atom. The number of carboxylic acids is 1. The maximum atomic E-state index is 10.9. The minimum absolute atomic E-state index is 0.0812. The van der Waals surface area contributed by atoms with Gasteiger partial charge in [-0.25, -0.2) is 4.79 Å². The molecular weight excluding hydrogens is 292 g/mol. The standard InChI is InChI=1S/C11H13BrO5/c1-3-16-6-17-10-8(12)4-7(11(13)14)5-9(10)15-2/h4-5H,3,6H2,1-2H3,(H,13,14). The molecular formula is C11H13BrO5. The number of rotatable bonds is 6. The summed E-state index contributed by atoms with van der Waals surface area (Å²) < 4.78 is 16.0. The van der Waals surface area contributed by atoms with Crippen molar-refractivity contribution in [3.05, 3.63) is 22.2 Å². The Labute approximate surface area is 107 Å². The molecule has 0 atom stereocenters. The molecule has 0 aliphatic rings. The van der Waals surface area contributed by atoms with E-state index in [2.05, 4.69) is 15.9 Å². The SMILES string of the molecule is CCOCOc1c(Br)cc(C(=O)O)cc1OC. The van der Waals surface area contributed by atoms with E-state index < -0.39 is 5.97 Å². The van der Waals surface area contributed by atoms with Crippen molar-refractivity contribution in [1.29, 1.82) is 0 Å². The van der Waals surface area contributed by atoms with Gasteiger partial charge in [0.2, 0.25) is 0 Å². The van der Waals surface area contributed by atoms with Crippen molar-refractivity contribution in [2.24, 2.45) is 0 Å². The molecule has 0 aliphatic heterocycles. The summed E-state index contributed by atoms with van der Waals surface area (Å²) in [4.78, 5) is 10.9. The zero-order chi connectivity index (χ0) is 12.8. The van der Waals surface area contributed by atoms with Crippen molar-refractivity contribution < 1.29 is 24.1 Å². The summed E-state index contributed by atoms with van der Waals surface area (Å²) in [5, 5.41) is 8.89. The van der Waals surface area contributed by atoms with E-state index in [9.17, 15) is 4.79 Å². The fourth-order valence-corrected chi connectivity index (χ4v) is 1.72. The van der Waals surface area contributed by atoms with Crippen molar-refractivity contribution in [2.45, 2.75) is 6.92 Å². The summed E-state index contributed by atoms with van der Waals surface area (Å²) in [6.07, 6.45) is 0. The quantitative estimate of drug-likeness (QED) is 0.646. The average molecular weight is 305 g/mol. The number of hydrogen-bond acceptors (Lipinski definition) is 4. The third-order valence-electron chi connectivity index (χ3n) is 1.97. The monoisotopic (exact) mass is 304 g/mol.